The standard InChI is InChI=1S/C10H16O3/c1-10(11)3-2-7-6-4-12-9(8(7)10)13-5-6/h6-9,11H,2-5H2,1H3/t6?,7-,8-,9?,10+/m0/s1. The molecule has 4 aliphatic rings. The molecule has 3 atom stereocenters. The van der Waals surface area contributed by atoms with E-state index >= 15 is 0 Å². The molecule has 1 aliphatic carbocycles. The van der Waals surface area contributed by atoms with Gasteiger partial charge in [-0.25, -0.2) is 0 Å². The first kappa shape index (κ1) is 8.21. The fourth-order valence-corrected chi connectivity index (χ4v) is 3.28. The topological polar surface area (TPSA) is 38.7 Å². The van der Waals surface area contributed by atoms with Crippen LogP contribution in [0.5, 0.6) is 0 Å². The SMILES string of the molecule is C[C@@]1(O)CC[C@H]2C3COC(OC3)[C@H]21. The van der Waals surface area contributed by atoms with Crippen LogP contribution in [0.1, 0.15) is 19.8 Å². The fraction of sp³-hybridized carbons (Fsp3) is 1.00. The largest absolute Gasteiger partial charge is 0.390 e. The fourth-order valence-electron chi connectivity index (χ4n) is 3.28. The minimum absolute atomic E-state index is 0.132. The lowest BCUT2D eigenvalue weighted by Crippen LogP contribution is -2.55. The van der Waals surface area contributed by atoms with Crippen LogP contribution in [0.25, 0.3) is 0 Å². The lowest BCUT2D eigenvalue weighted by molar-refractivity contribution is -0.299. The van der Waals surface area contributed by atoms with Gasteiger partial charge in [0.05, 0.1) is 18.8 Å². The number of ether oxygens (including phenoxy) is 2. The van der Waals surface area contributed by atoms with E-state index in [0.29, 0.717) is 11.8 Å². The Morgan fingerprint density at radius 1 is 1.31 bits per heavy atom. The van der Waals surface area contributed by atoms with Gasteiger partial charge in [-0.3, -0.25) is 0 Å². The molecule has 2 bridgehead atoms. The van der Waals surface area contributed by atoms with Crippen molar-refractivity contribution in [2.24, 2.45) is 17.8 Å². The van der Waals surface area contributed by atoms with Gasteiger partial charge in [-0.1, -0.05) is 0 Å². The van der Waals surface area contributed by atoms with E-state index in [-0.39, 0.29) is 12.2 Å². The van der Waals surface area contributed by atoms with Crippen molar-refractivity contribution in [2.75, 3.05) is 13.2 Å². The van der Waals surface area contributed by atoms with E-state index < -0.39 is 5.60 Å². The Kier molecular flexibility index (Phi) is 1.56. The molecule has 0 aromatic carbocycles. The molecule has 3 heteroatoms. The second kappa shape index (κ2) is 2.47. The highest BCUT2D eigenvalue weighted by molar-refractivity contribution is 5.02. The average molecular weight is 184 g/mol. The summed E-state index contributed by atoms with van der Waals surface area (Å²) >= 11 is 0. The first-order chi connectivity index (χ1) is 6.18. The van der Waals surface area contributed by atoms with E-state index in [2.05, 4.69) is 0 Å². The van der Waals surface area contributed by atoms with Gasteiger partial charge < -0.3 is 14.6 Å². The maximum atomic E-state index is 10.2. The quantitative estimate of drug-likeness (QED) is 0.604. The summed E-state index contributed by atoms with van der Waals surface area (Å²) in [4.78, 5) is 0. The zero-order valence-corrected chi connectivity index (χ0v) is 7.90. The van der Waals surface area contributed by atoms with Crippen LogP contribution in [-0.2, 0) is 9.47 Å². The smallest absolute Gasteiger partial charge is 0.163 e. The third-order valence-electron chi connectivity index (χ3n) is 4.01. The van der Waals surface area contributed by atoms with E-state index in [1.807, 2.05) is 6.92 Å². The summed E-state index contributed by atoms with van der Waals surface area (Å²) in [6.07, 6.45) is 1.92. The van der Waals surface area contributed by atoms with E-state index in [0.717, 1.165) is 26.1 Å². The Morgan fingerprint density at radius 3 is 2.62 bits per heavy atom. The second-order valence-corrected chi connectivity index (χ2v) is 4.88. The zero-order valence-electron chi connectivity index (χ0n) is 7.90. The van der Waals surface area contributed by atoms with Gasteiger partial charge >= 0.3 is 0 Å². The third kappa shape index (κ3) is 1.01. The van der Waals surface area contributed by atoms with Crippen LogP contribution in [0.15, 0.2) is 0 Å². The van der Waals surface area contributed by atoms with Gasteiger partial charge in [0.2, 0.25) is 0 Å². The molecule has 3 saturated heterocycles. The number of rotatable bonds is 0. The van der Waals surface area contributed by atoms with Crippen molar-refractivity contribution >= 4 is 0 Å². The molecule has 74 valence electrons. The summed E-state index contributed by atoms with van der Waals surface area (Å²) in [5, 5.41) is 10.2. The van der Waals surface area contributed by atoms with Crippen LogP contribution in [0, 0.1) is 17.8 Å². The number of aliphatic hydroxyl groups is 1. The first-order valence-corrected chi connectivity index (χ1v) is 5.14. The Balaban J connectivity index is 1.93. The molecule has 0 radical (unpaired) electrons. The van der Waals surface area contributed by atoms with Crippen LogP contribution >= 0.6 is 0 Å². The molecule has 1 N–H and O–H groups in total. The maximum Gasteiger partial charge on any atom is 0.163 e. The molecule has 3 heterocycles. The predicted octanol–water partition coefficient (Wildman–Crippen LogP) is 0.766. The van der Waals surface area contributed by atoms with Gasteiger partial charge in [-0.2, -0.15) is 0 Å². The van der Waals surface area contributed by atoms with E-state index in [1.165, 1.54) is 0 Å². The van der Waals surface area contributed by atoms with Crippen LogP contribution in [0.2, 0.25) is 0 Å². The molecule has 4 fully saturated rings. The van der Waals surface area contributed by atoms with Gasteiger partial charge in [0, 0.05) is 11.8 Å². The summed E-state index contributed by atoms with van der Waals surface area (Å²) in [6.45, 7) is 3.59. The number of hydrogen-bond acceptors (Lipinski definition) is 3. The summed E-state index contributed by atoms with van der Waals surface area (Å²) in [6, 6.07) is 0. The molecule has 1 saturated carbocycles. The minimum atomic E-state index is -0.561. The second-order valence-electron chi connectivity index (χ2n) is 4.88. The van der Waals surface area contributed by atoms with Gasteiger partial charge in [-0.15, -0.1) is 0 Å². The van der Waals surface area contributed by atoms with Gasteiger partial charge in [0.15, 0.2) is 6.29 Å². The lowest BCUT2D eigenvalue weighted by Gasteiger charge is -2.48. The van der Waals surface area contributed by atoms with Crippen LogP contribution in [-0.4, -0.2) is 30.2 Å². The average Bonchev–Trinajstić information content (AvgIpc) is 2.47. The Bertz CT molecular complexity index is 218. The van der Waals surface area contributed by atoms with E-state index in [4.69, 9.17) is 9.47 Å². The molecule has 3 nitrogen and oxygen atoms in total. The van der Waals surface area contributed by atoms with E-state index in [9.17, 15) is 5.11 Å². The van der Waals surface area contributed by atoms with Gasteiger partial charge in [-0.05, 0) is 25.7 Å². The lowest BCUT2D eigenvalue weighted by atomic mass is 9.76. The van der Waals surface area contributed by atoms with Crippen molar-refractivity contribution < 1.29 is 14.6 Å². The summed E-state index contributed by atoms with van der Waals surface area (Å²) in [5.41, 5.74) is -0.561. The molecule has 0 aromatic rings. The van der Waals surface area contributed by atoms with Crippen LogP contribution < -0.4 is 0 Å². The van der Waals surface area contributed by atoms with Gasteiger partial charge in [0.25, 0.3) is 0 Å². The number of fused-ring (bicyclic) bond motifs is 2. The maximum absolute atomic E-state index is 10.2. The monoisotopic (exact) mass is 184 g/mol. The highest BCUT2D eigenvalue weighted by atomic mass is 16.7. The molecule has 0 amide bonds. The van der Waals surface area contributed by atoms with Crippen LogP contribution in [0.4, 0.5) is 0 Å². The minimum Gasteiger partial charge on any atom is -0.390 e. The van der Waals surface area contributed by atoms with Crippen molar-refractivity contribution in [3.8, 4) is 0 Å². The molecule has 4 rings (SSSR count). The summed E-state index contributed by atoms with van der Waals surface area (Å²) in [7, 11) is 0. The highest BCUT2D eigenvalue weighted by Gasteiger charge is 2.56. The van der Waals surface area contributed by atoms with Crippen molar-refractivity contribution in [1.82, 2.24) is 0 Å². The van der Waals surface area contributed by atoms with Crippen molar-refractivity contribution in [3.05, 3.63) is 0 Å². The normalized spacial score (nSPS) is 59.5. The molecular weight excluding hydrogens is 168 g/mol. The molecule has 0 unspecified atom stereocenters. The molecule has 13 heavy (non-hydrogen) atoms. The number of hydrogen-bond donors (Lipinski definition) is 1. The Labute approximate surface area is 78.0 Å². The van der Waals surface area contributed by atoms with E-state index in [1.54, 1.807) is 0 Å². The van der Waals surface area contributed by atoms with Crippen molar-refractivity contribution in [1.29, 1.82) is 0 Å². The van der Waals surface area contributed by atoms with Crippen molar-refractivity contribution in [2.45, 2.75) is 31.7 Å². The third-order valence-corrected chi connectivity index (χ3v) is 4.01. The summed E-state index contributed by atoms with van der Waals surface area (Å²) < 4.78 is 11.1. The van der Waals surface area contributed by atoms with Crippen molar-refractivity contribution in [3.63, 3.8) is 0 Å². The first-order valence-electron chi connectivity index (χ1n) is 5.14. The molecule has 3 aliphatic heterocycles. The zero-order chi connectivity index (χ0) is 9.05. The molecule has 0 aromatic heterocycles. The Morgan fingerprint density at radius 2 is 2.00 bits per heavy atom. The summed E-state index contributed by atoms with van der Waals surface area (Å²) in [5.74, 6) is 1.39. The Hall–Kier alpha value is -0.120. The van der Waals surface area contributed by atoms with Crippen LogP contribution in [0.3, 0.4) is 0 Å². The highest BCUT2D eigenvalue weighted by Crippen LogP contribution is 2.51. The van der Waals surface area contributed by atoms with Gasteiger partial charge in [0.1, 0.15) is 0 Å². The molecule has 0 spiro atoms. The predicted molar refractivity (Wildman–Crippen MR) is 46.0 cm³/mol. The molecular formula is C10H16O3.